The largest absolute Gasteiger partial charge is 0.309 e. The fraction of sp³-hybridized carbons (Fsp3) is 0.102. The van der Waals surface area contributed by atoms with E-state index in [1.54, 1.807) is 0 Å². The molecule has 254 valence electrons. The van der Waals surface area contributed by atoms with Gasteiger partial charge in [0.15, 0.2) is 5.82 Å². The van der Waals surface area contributed by atoms with Gasteiger partial charge in [0.1, 0.15) is 0 Å². The van der Waals surface area contributed by atoms with Crippen LogP contribution in [0.1, 0.15) is 37.8 Å². The highest BCUT2D eigenvalue weighted by atomic mass is 32.2. The molecule has 0 bridgehead atoms. The number of hydrogen-bond donors (Lipinski definition) is 0. The van der Waals surface area contributed by atoms with Crippen molar-refractivity contribution in [3.05, 3.63) is 175 Å². The van der Waals surface area contributed by atoms with Crippen LogP contribution in [-0.4, -0.2) is 14.5 Å². The molecule has 0 saturated heterocycles. The minimum atomic E-state index is -0.0605. The number of benzene rings is 7. The van der Waals surface area contributed by atoms with Crippen molar-refractivity contribution in [1.82, 2.24) is 14.5 Å². The fourth-order valence-electron chi connectivity index (χ4n) is 8.66. The SMILES string of the molecule is CCC1(CC)c2ccccc2Sc2ccc(-c3nc(-c4ccccc4)cc(-c4cccc(-n5c6ccccc6c6c7ccccc7ccc65)c4)n3)cc21. The van der Waals surface area contributed by atoms with Crippen molar-refractivity contribution in [2.45, 2.75) is 41.9 Å². The van der Waals surface area contributed by atoms with Crippen LogP contribution in [0.25, 0.3) is 72.2 Å². The van der Waals surface area contributed by atoms with Gasteiger partial charge in [-0.15, -0.1) is 0 Å². The Hall–Kier alpha value is -5.97. The molecular formula is C49H37N3S. The number of fused-ring (bicyclic) bond motifs is 7. The van der Waals surface area contributed by atoms with Crippen molar-refractivity contribution >= 4 is 44.3 Å². The summed E-state index contributed by atoms with van der Waals surface area (Å²) in [6, 6.07) is 59.2. The third-order valence-electron chi connectivity index (χ3n) is 11.3. The van der Waals surface area contributed by atoms with Crippen LogP contribution < -0.4 is 0 Å². The van der Waals surface area contributed by atoms with Gasteiger partial charge in [-0.25, -0.2) is 9.97 Å². The average molecular weight is 700 g/mol. The van der Waals surface area contributed by atoms with Gasteiger partial charge in [0, 0.05) is 48.4 Å². The van der Waals surface area contributed by atoms with E-state index < -0.39 is 0 Å². The molecule has 10 rings (SSSR count). The predicted molar refractivity (Wildman–Crippen MR) is 222 cm³/mol. The highest BCUT2D eigenvalue weighted by Crippen LogP contribution is 2.53. The lowest BCUT2D eigenvalue weighted by Gasteiger charge is -2.39. The Morgan fingerprint density at radius 3 is 2.06 bits per heavy atom. The Labute approximate surface area is 314 Å². The average Bonchev–Trinajstić information content (AvgIpc) is 3.58. The van der Waals surface area contributed by atoms with Gasteiger partial charge in [0.2, 0.25) is 0 Å². The minimum absolute atomic E-state index is 0.0605. The molecule has 0 fully saturated rings. The summed E-state index contributed by atoms with van der Waals surface area (Å²) in [7, 11) is 0. The Kier molecular flexibility index (Phi) is 7.55. The summed E-state index contributed by atoms with van der Waals surface area (Å²) in [6.45, 7) is 4.65. The van der Waals surface area contributed by atoms with Gasteiger partial charge in [-0.05, 0) is 83.3 Å². The second-order valence-corrected chi connectivity index (χ2v) is 15.1. The van der Waals surface area contributed by atoms with Crippen LogP contribution in [0.3, 0.4) is 0 Å². The molecule has 3 nitrogen and oxygen atoms in total. The van der Waals surface area contributed by atoms with E-state index in [0.717, 1.165) is 52.4 Å². The molecule has 7 aromatic carbocycles. The van der Waals surface area contributed by atoms with Crippen LogP contribution in [-0.2, 0) is 5.41 Å². The monoisotopic (exact) mass is 699 g/mol. The number of hydrogen-bond acceptors (Lipinski definition) is 3. The Morgan fingerprint density at radius 2 is 1.21 bits per heavy atom. The smallest absolute Gasteiger partial charge is 0.160 e. The zero-order valence-corrected chi connectivity index (χ0v) is 30.6. The maximum Gasteiger partial charge on any atom is 0.160 e. The lowest BCUT2D eigenvalue weighted by molar-refractivity contribution is 0.459. The van der Waals surface area contributed by atoms with Crippen molar-refractivity contribution in [3.63, 3.8) is 0 Å². The van der Waals surface area contributed by atoms with E-state index >= 15 is 0 Å². The topological polar surface area (TPSA) is 30.7 Å². The zero-order chi connectivity index (χ0) is 35.5. The second kappa shape index (κ2) is 12.6. The molecule has 9 aromatic rings. The molecule has 1 aliphatic heterocycles. The molecular weight excluding hydrogens is 663 g/mol. The third-order valence-corrected chi connectivity index (χ3v) is 12.5. The van der Waals surface area contributed by atoms with E-state index in [-0.39, 0.29) is 5.41 Å². The first-order chi connectivity index (χ1) is 26.1. The molecule has 0 radical (unpaired) electrons. The second-order valence-electron chi connectivity index (χ2n) is 14.0. The van der Waals surface area contributed by atoms with Crippen molar-refractivity contribution in [2.24, 2.45) is 0 Å². The van der Waals surface area contributed by atoms with Crippen LogP contribution in [0.5, 0.6) is 0 Å². The first kappa shape index (κ1) is 31.7. The molecule has 0 aliphatic carbocycles. The van der Waals surface area contributed by atoms with Gasteiger partial charge in [0.05, 0.1) is 22.4 Å². The first-order valence-electron chi connectivity index (χ1n) is 18.5. The van der Waals surface area contributed by atoms with Gasteiger partial charge in [-0.1, -0.05) is 141 Å². The van der Waals surface area contributed by atoms with Crippen molar-refractivity contribution in [1.29, 1.82) is 0 Å². The number of aromatic nitrogens is 3. The summed E-state index contributed by atoms with van der Waals surface area (Å²) in [4.78, 5) is 13.3. The van der Waals surface area contributed by atoms with Gasteiger partial charge in [0.25, 0.3) is 0 Å². The van der Waals surface area contributed by atoms with E-state index in [1.165, 1.54) is 53.5 Å². The lowest BCUT2D eigenvalue weighted by Crippen LogP contribution is -2.29. The van der Waals surface area contributed by atoms with Crippen LogP contribution in [0, 0.1) is 0 Å². The third kappa shape index (κ3) is 5.04. The highest BCUT2D eigenvalue weighted by molar-refractivity contribution is 7.99. The highest BCUT2D eigenvalue weighted by Gasteiger charge is 2.38. The van der Waals surface area contributed by atoms with Crippen LogP contribution in [0.2, 0.25) is 0 Å². The van der Waals surface area contributed by atoms with Gasteiger partial charge >= 0.3 is 0 Å². The van der Waals surface area contributed by atoms with E-state index in [4.69, 9.17) is 9.97 Å². The number of rotatable bonds is 6. The zero-order valence-electron chi connectivity index (χ0n) is 29.8. The fourth-order valence-corrected chi connectivity index (χ4v) is 9.92. The molecule has 0 saturated carbocycles. The lowest BCUT2D eigenvalue weighted by atomic mass is 9.70. The molecule has 2 aromatic heterocycles. The molecule has 0 unspecified atom stereocenters. The summed E-state index contributed by atoms with van der Waals surface area (Å²) in [5, 5.41) is 5.05. The number of para-hydroxylation sites is 1. The van der Waals surface area contributed by atoms with Crippen LogP contribution in [0.15, 0.2) is 174 Å². The van der Waals surface area contributed by atoms with Gasteiger partial charge in [-0.3, -0.25) is 0 Å². The summed E-state index contributed by atoms with van der Waals surface area (Å²) in [5.41, 5.74) is 11.2. The standard InChI is InChI=1S/C49H37N3S/c1-3-49(4-2)39-22-11-13-24-45(39)53-46-28-26-35(30-40(46)49)48-50-41(33-16-6-5-7-17-33)31-42(51-48)34-18-14-19-36(29-34)52-43-23-12-10-21-38(43)47-37-20-9-8-15-32(37)25-27-44(47)52/h5-31H,3-4H2,1-2H3. The van der Waals surface area contributed by atoms with Crippen molar-refractivity contribution in [3.8, 4) is 39.6 Å². The molecule has 0 N–H and O–H groups in total. The molecule has 0 spiro atoms. The Morgan fingerprint density at radius 1 is 0.509 bits per heavy atom. The molecule has 0 atom stereocenters. The van der Waals surface area contributed by atoms with Gasteiger partial charge in [-0.2, -0.15) is 0 Å². The molecule has 1 aliphatic rings. The van der Waals surface area contributed by atoms with Gasteiger partial charge < -0.3 is 4.57 Å². The van der Waals surface area contributed by atoms with E-state index in [2.05, 4.69) is 182 Å². The predicted octanol–water partition coefficient (Wildman–Crippen LogP) is 13.3. The van der Waals surface area contributed by atoms with E-state index in [0.29, 0.717) is 0 Å². The quantitative estimate of drug-likeness (QED) is 0.173. The molecule has 0 amide bonds. The summed E-state index contributed by atoms with van der Waals surface area (Å²) in [5.74, 6) is 0.739. The Bertz CT molecular complexity index is 2850. The van der Waals surface area contributed by atoms with Crippen LogP contribution >= 0.6 is 11.8 Å². The van der Waals surface area contributed by atoms with Crippen molar-refractivity contribution in [2.75, 3.05) is 0 Å². The molecule has 4 heteroatoms. The maximum absolute atomic E-state index is 5.35. The maximum atomic E-state index is 5.35. The number of nitrogens with zero attached hydrogens (tertiary/aromatic N) is 3. The molecule has 53 heavy (non-hydrogen) atoms. The van der Waals surface area contributed by atoms with E-state index in [1.807, 2.05) is 11.8 Å². The van der Waals surface area contributed by atoms with Crippen LogP contribution in [0.4, 0.5) is 0 Å². The molecule has 3 heterocycles. The summed E-state index contributed by atoms with van der Waals surface area (Å²) < 4.78 is 2.40. The normalized spacial score (nSPS) is 13.3. The minimum Gasteiger partial charge on any atom is -0.309 e. The Balaban J connectivity index is 1.16. The summed E-state index contributed by atoms with van der Waals surface area (Å²) >= 11 is 1.88. The van der Waals surface area contributed by atoms with E-state index in [9.17, 15) is 0 Å². The first-order valence-corrected chi connectivity index (χ1v) is 19.4. The van der Waals surface area contributed by atoms with Crippen molar-refractivity contribution < 1.29 is 0 Å². The summed E-state index contributed by atoms with van der Waals surface area (Å²) in [6.07, 6.45) is 2.05.